The molecule has 2 aromatic rings. The van der Waals surface area contributed by atoms with Crippen molar-refractivity contribution in [1.82, 2.24) is 4.31 Å². The Morgan fingerprint density at radius 3 is 2.03 bits per heavy atom. The summed E-state index contributed by atoms with van der Waals surface area (Å²) >= 11 is 0. The van der Waals surface area contributed by atoms with Crippen LogP contribution < -0.4 is 15.1 Å². The fourth-order valence-electron chi connectivity index (χ4n) is 2.87. The van der Waals surface area contributed by atoms with E-state index in [1.54, 1.807) is 12.1 Å². The molecule has 0 spiro atoms. The zero-order valence-corrected chi connectivity index (χ0v) is 18.6. The van der Waals surface area contributed by atoms with Crippen molar-refractivity contribution in [2.75, 3.05) is 51.5 Å². The van der Waals surface area contributed by atoms with Gasteiger partial charge in [-0.1, -0.05) is 12.1 Å². The molecule has 0 radical (unpaired) electrons. The summed E-state index contributed by atoms with van der Waals surface area (Å²) in [6, 6.07) is 14.6. The summed E-state index contributed by atoms with van der Waals surface area (Å²) in [5.41, 5.74) is 2.90. The lowest BCUT2D eigenvalue weighted by Gasteiger charge is -2.18. The highest BCUT2D eigenvalue weighted by Crippen LogP contribution is 2.16. The van der Waals surface area contributed by atoms with Crippen LogP contribution in [0.1, 0.15) is 12.5 Å². The molecule has 0 saturated carbocycles. The number of nitrogens with zero attached hydrogens (tertiary/aromatic N) is 2. The van der Waals surface area contributed by atoms with E-state index in [-0.39, 0.29) is 10.8 Å². The standard InChI is InChI=1S/C21H30N4O3S/c1-6-25(15-17-7-11-19(12-8-17)23(2)3)16-21(26)22-18-9-13-20(14-10-18)29(27,28)24(4)5/h7-14H,6,15-16H2,1-5H3,(H,22,26)/p+1. The SMILES string of the molecule is CC[NH+](CC(=O)Nc1ccc(S(=O)(=O)N(C)C)cc1)Cc1ccc(N(C)C)cc1. The lowest BCUT2D eigenvalue weighted by Crippen LogP contribution is -3.11. The molecule has 0 saturated heterocycles. The maximum atomic E-state index is 12.4. The van der Waals surface area contributed by atoms with Gasteiger partial charge in [0.05, 0.1) is 11.4 Å². The summed E-state index contributed by atoms with van der Waals surface area (Å²) in [6.07, 6.45) is 0. The molecule has 0 aliphatic carbocycles. The first kappa shape index (κ1) is 22.9. The van der Waals surface area contributed by atoms with Crippen LogP contribution in [0.25, 0.3) is 0 Å². The zero-order valence-electron chi connectivity index (χ0n) is 17.8. The fourth-order valence-corrected chi connectivity index (χ4v) is 3.77. The number of quaternary nitrogens is 1. The van der Waals surface area contributed by atoms with Gasteiger partial charge in [0.25, 0.3) is 5.91 Å². The Balaban J connectivity index is 1.96. The predicted octanol–water partition coefficient (Wildman–Crippen LogP) is 1.05. The van der Waals surface area contributed by atoms with E-state index >= 15 is 0 Å². The second-order valence-corrected chi connectivity index (χ2v) is 9.53. The topological polar surface area (TPSA) is 74.2 Å². The van der Waals surface area contributed by atoms with Crippen molar-refractivity contribution in [2.45, 2.75) is 18.4 Å². The van der Waals surface area contributed by atoms with Crippen LogP contribution in [-0.4, -0.2) is 59.9 Å². The first-order chi connectivity index (χ1) is 13.6. The van der Waals surface area contributed by atoms with Crippen molar-refractivity contribution in [2.24, 2.45) is 0 Å². The Morgan fingerprint density at radius 2 is 1.55 bits per heavy atom. The van der Waals surface area contributed by atoms with Crippen molar-refractivity contribution < 1.29 is 18.1 Å². The minimum Gasteiger partial charge on any atom is -0.378 e. The number of rotatable bonds is 9. The third-order valence-corrected chi connectivity index (χ3v) is 6.56. The molecule has 0 bridgehead atoms. The lowest BCUT2D eigenvalue weighted by atomic mass is 10.2. The minimum absolute atomic E-state index is 0.102. The third kappa shape index (κ3) is 6.28. The Kier molecular flexibility index (Phi) is 7.78. The quantitative estimate of drug-likeness (QED) is 0.637. The van der Waals surface area contributed by atoms with Crippen LogP contribution in [0.15, 0.2) is 53.4 Å². The van der Waals surface area contributed by atoms with Crippen molar-refractivity contribution in [1.29, 1.82) is 0 Å². The number of nitrogens with one attached hydrogen (secondary N) is 2. The van der Waals surface area contributed by atoms with Gasteiger partial charge in [0, 0.05) is 45.1 Å². The highest BCUT2D eigenvalue weighted by Gasteiger charge is 2.17. The van der Waals surface area contributed by atoms with Gasteiger partial charge in [-0.2, -0.15) is 0 Å². The van der Waals surface area contributed by atoms with Crippen LogP contribution in [0, 0.1) is 0 Å². The van der Waals surface area contributed by atoms with E-state index in [1.165, 1.54) is 31.8 Å². The van der Waals surface area contributed by atoms with Crippen LogP contribution in [0.2, 0.25) is 0 Å². The summed E-state index contributed by atoms with van der Waals surface area (Å²) in [4.78, 5) is 15.8. The number of carbonyl (C=O) groups excluding carboxylic acids is 1. The molecule has 7 nitrogen and oxygen atoms in total. The molecule has 2 N–H and O–H groups in total. The maximum absolute atomic E-state index is 12.4. The van der Waals surface area contributed by atoms with E-state index in [0.29, 0.717) is 12.2 Å². The molecule has 8 heteroatoms. The largest absolute Gasteiger partial charge is 0.378 e. The normalized spacial score (nSPS) is 12.6. The number of anilines is 2. The van der Waals surface area contributed by atoms with Crippen molar-refractivity contribution in [3.8, 4) is 0 Å². The van der Waals surface area contributed by atoms with Gasteiger partial charge in [0.2, 0.25) is 10.0 Å². The molecule has 0 aromatic heterocycles. The van der Waals surface area contributed by atoms with Crippen LogP contribution in [0.4, 0.5) is 11.4 Å². The van der Waals surface area contributed by atoms with E-state index in [2.05, 4.69) is 41.4 Å². The predicted molar refractivity (Wildman–Crippen MR) is 117 cm³/mol. The van der Waals surface area contributed by atoms with Gasteiger partial charge in [-0.05, 0) is 43.3 Å². The smallest absolute Gasteiger partial charge is 0.279 e. The summed E-state index contributed by atoms with van der Waals surface area (Å²) in [7, 11) is 3.51. The number of carbonyl (C=O) groups is 1. The molecule has 158 valence electrons. The van der Waals surface area contributed by atoms with E-state index in [1.807, 2.05) is 14.1 Å². The molecule has 2 rings (SSSR count). The van der Waals surface area contributed by atoms with Crippen molar-refractivity contribution in [3.05, 3.63) is 54.1 Å². The fraction of sp³-hybridized carbons (Fsp3) is 0.381. The Hall–Kier alpha value is -2.42. The third-order valence-electron chi connectivity index (χ3n) is 4.73. The average Bonchev–Trinajstić information content (AvgIpc) is 2.68. The molecule has 1 unspecified atom stereocenters. The van der Waals surface area contributed by atoms with Gasteiger partial charge in [-0.3, -0.25) is 4.79 Å². The first-order valence-electron chi connectivity index (χ1n) is 9.55. The summed E-state index contributed by atoms with van der Waals surface area (Å²) in [5, 5.41) is 2.85. The van der Waals surface area contributed by atoms with Crippen molar-refractivity contribution in [3.63, 3.8) is 0 Å². The summed E-state index contributed by atoms with van der Waals surface area (Å²) in [6.45, 7) is 3.97. The molecule has 0 aliphatic heterocycles. The number of hydrogen-bond donors (Lipinski definition) is 2. The van der Waals surface area contributed by atoms with Gasteiger partial charge >= 0.3 is 0 Å². The number of hydrogen-bond acceptors (Lipinski definition) is 4. The molecule has 1 atom stereocenters. The summed E-state index contributed by atoms with van der Waals surface area (Å²) in [5.74, 6) is -0.102. The number of benzene rings is 2. The van der Waals surface area contributed by atoms with Crippen LogP contribution in [0.5, 0.6) is 0 Å². The van der Waals surface area contributed by atoms with E-state index < -0.39 is 10.0 Å². The Labute approximate surface area is 174 Å². The second-order valence-electron chi connectivity index (χ2n) is 7.38. The number of likely N-dealkylation sites (N-methyl/N-ethyl adjacent to an activating group) is 1. The molecule has 0 aliphatic rings. The molecule has 1 amide bonds. The number of amides is 1. The number of sulfonamides is 1. The molecule has 0 fully saturated rings. The van der Waals surface area contributed by atoms with Crippen LogP contribution in [0.3, 0.4) is 0 Å². The highest BCUT2D eigenvalue weighted by atomic mass is 32.2. The highest BCUT2D eigenvalue weighted by molar-refractivity contribution is 7.89. The molecular weight excluding hydrogens is 388 g/mol. The lowest BCUT2D eigenvalue weighted by molar-refractivity contribution is -0.903. The molecule has 0 heterocycles. The van der Waals surface area contributed by atoms with Crippen LogP contribution in [-0.2, 0) is 21.4 Å². The van der Waals surface area contributed by atoms with Gasteiger partial charge < -0.3 is 15.1 Å². The van der Waals surface area contributed by atoms with E-state index in [9.17, 15) is 13.2 Å². The zero-order chi connectivity index (χ0) is 21.6. The Morgan fingerprint density at radius 1 is 0.966 bits per heavy atom. The van der Waals surface area contributed by atoms with E-state index in [0.717, 1.165) is 28.0 Å². The van der Waals surface area contributed by atoms with Gasteiger partial charge in [0.1, 0.15) is 6.54 Å². The second kappa shape index (κ2) is 9.87. The maximum Gasteiger partial charge on any atom is 0.279 e. The molecular formula is C21H31N4O3S+. The Bertz CT molecular complexity index is 908. The average molecular weight is 420 g/mol. The van der Waals surface area contributed by atoms with Crippen molar-refractivity contribution >= 4 is 27.3 Å². The first-order valence-corrected chi connectivity index (χ1v) is 11.0. The monoisotopic (exact) mass is 419 g/mol. The van der Waals surface area contributed by atoms with Crippen LogP contribution >= 0.6 is 0 Å². The van der Waals surface area contributed by atoms with Gasteiger partial charge in [-0.25, -0.2) is 12.7 Å². The van der Waals surface area contributed by atoms with Gasteiger partial charge in [-0.15, -0.1) is 0 Å². The molecule has 29 heavy (non-hydrogen) atoms. The minimum atomic E-state index is -3.47. The summed E-state index contributed by atoms with van der Waals surface area (Å²) < 4.78 is 25.4. The van der Waals surface area contributed by atoms with Gasteiger partial charge in [0.15, 0.2) is 6.54 Å². The van der Waals surface area contributed by atoms with E-state index in [4.69, 9.17) is 0 Å². The molecule has 2 aromatic carbocycles.